The van der Waals surface area contributed by atoms with Crippen molar-refractivity contribution >= 4 is 65.6 Å². The zero-order chi connectivity index (χ0) is 44.4. The molecule has 0 aliphatic heterocycles. The fourth-order valence-electron chi connectivity index (χ4n) is 12.1. The van der Waals surface area contributed by atoms with Gasteiger partial charge in [0.2, 0.25) is 0 Å². The number of thiophene rings is 1. The van der Waals surface area contributed by atoms with Crippen molar-refractivity contribution in [1.82, 2.24) is 0 Å². The average Bonchev–Trinajstić information content (AvgIpc) is 4.06. The summed E-state index contributed by atoms with van der Waals surface area (Å²) < 4.78 is 2.60. The summed E-state index contributed by atoms with van der Waals surface area (Å²) in [5.41, 5.74) is 21.9. The van der Waals surface area contributed by atoms with E-state index in [0.29, 0.717) is 0 Å². The number of rotatable bonds is 6. The van der Waals surface area contributed by atoms with Crippen LogP contribution in [0.4, 0.5) is 34.1 Å². The molecule has 11 aromatic rings. The molecule has 1 heterocycles. The predicted octanol–water partition coefficient (Wildman–Crippen LogP) is 17.6. The fraction of sp³-hybridized carbons (Fsp3) is 0.0625. The highest BCUT2D eigenvalue weighted by atomic mass is 32.1. The maximum Gasteiger partial charge on any atom is 0.0727 e. The first-order valence-electron chi connectivity index (χ1n) is 23.3. The van der Waals surface area contributed by atoms with Crippen molar-refractivity contribution in [3.05, 3.63) is 264 Å². The predicted molar refractivity (Wildman–Crippen MR) is 283 cm³/mol. The van der Waals surface area contributed by atoms with Crippen LogP contribution in [0.25, 0.3) is 53.6 Å². The third-order valence-corrected chi connectivity index (χ3v) is 16.2. The monoisotopic (exact) mass is 872 g/mol. The summed E-state index contributed by atoms with van der Waals surface area (Å²) in [4.78, 5) is 4.92. The molecule has 0 saturated heterocycles. The summed E-state index contributed by atoms with van der Waals surface area (Å²) in [5, 5.41) is 2.61. The lowest BCUT2D eigenvalue weighted by atomic mass is 9.70. The van der Waals surface area contributed by atoms with E-state index in [1.54, 1.807) is 0 Å². The molecule has 3 heteroatoms. The van der Waals surface area contributed by atoms with Gasteiger partial charge in [-0.15, -0.1) is 11.3 Å². The van der Waals surface area contributed by atoms with E-state index in [1.165, 1.54) is 86.9 Å². The van der Waals surface area contributed by atoms with Crippen LogP contribution in [-0.2, 0) is 10.8 Å². The van der Waals surface area contributed by atoms with Crippen LogP contribution in [0, 0.1) is 0 Å². The molecule has 0 amide bonds. The highest BCUT2D eigenvalue weighted by Crippen LogP contribution is 2.64. The Labute approximate surface area is 395 Å². The van der Waals surface area contributed by atoms with Gasteiger partial charge in [0.05, 0.1) is 5.41 Å². The fourth-order valence-corrected chi connectivity index (χ4v) is 13.3. The Morgan fingerprint density at radius 1 is 0.284 bits per heavy atom. The number of hydrogen-bond donors (Lipinski definition) is 0. The summed E-state index contributed by atoms with van der Waals surface area (Å²) in [6.45, 7) is 4.76. The lowest BCUT2D eigenvalue weighted by Crippen LogP contribution is -2.26. The quantitative estimate of drug-likeness (QED) is 0.164. The highest BCUT2D eigenvalue weighted by molar-refractivity contribution is 7.25. The second-order valence-electron chi connectivity index (χ2n) is 18.8. The number of fused-ring (bicyclic) bond motifs is 16. The Balaban J connectivity index is 1.02. The van der Waals surface area contributed by atoms with Crippen LogP contribution in [0.1, 0.15) is 47.2 Å². The average molecular weight is 873 g/mol. The van der Waals surface area contributed by atoms with Crippen molar-refractivity contribution in [1.29, 1.82) is 0 Å². The van der Waals surface area contributed by atoms with Gasteiger partial charge in [-0.05, 0) is 146 Å². The number of hydrogen-bond acceptors (Lipinski definition) is 3. The Kier molecular flexibility index (Phi) is 8.15. The molecule has 14 rings (SSSR count). The molecule has 2 nitrogen and oxygen atoms in total. The van der Waals surface area contributed by atoms with Gasteiger partial charge in [-0.2, -0.15) is 0 Å². The molecule has 10 aromatic carbocycles. The lowest BCUT2D eigenvalue weighted by Gasteiger charge is -2.33. The SMILES string of the molecule is CC1(C)c2ccccc2-c2ccc(N(c3ccc4c(c3)C3(c5ccccc5-c5ccc(N(c6ccccc6)c6ccccc6)cc53)c3ccccc3-4)c3ccc4c(c3)sc3ccccc34)cc21. The molecule has 67 heavy (non-hydrogen) atoms. The number of para-hydroxylation sites is 2. The van der Waals surface area contributed by atoms with Crippen molar-refractivity contribution in [3.8, 4) is 33.4 Å². The van der Waals surface area contributed by atoms with E-state index in [4.69, 9.17) is 0 Å². The zero-order valence-corrected chi connectivity index (χ0v) is 38.1. The van der Waals surface area contributed by atoms with Crippen LogP contribution >= 0.6 is 11.3 Å². The van der Waals surface area contributed by atoms with Gasteiger partial charge in [0, 0.05) is 59.7 Å². The maximum absolute atomic E-state index is 2.53. The molecule has 1 unspecified atom stereocenters. The lowest BCUT2D eigenvalue weighted by molar-refractivity contribution is 0.660. The van der Waals surface area contributed by atoms with Crippen molar-refractivity contribution in [2.75, 3.05) is 9.80 Å². The maximum atomic E-state index is 2.53. The normalized spacial score (nSPS) is 15.5. The summed E-state index contributed by atoms with van der Waals surface area (Å²) in [7, 11) is 0. The van der Waals surface area contributed by atoms with Gasteiger partial charge in [-0.1, -0.05) is 166 Å². The first-order valence-corrected chi connectivity index (χ1v) is 24.1. The van der Waals surface area contributed by atoms with Gasteiger partial charge in [-0.25, -0.2) is 0 Å². The molecule has 316 valence electrons. The van der Waals surface area contributed by atoms with Crippen LogP contribution in [0.3, 0.4) is 0 Å². The molecule has 3 aliphatic carbocycles. The molecule has 0 fully saturated rings. The molecule has 0 bridgehead atoms. The van der Waals surface area contributed by atoms with E-state index in [2.05, 4.69) is 254 Å². The molecule has 0 N–H and O–H groups in total. The van der Waals surface area contributed by atoms with Gasteiger partial charge >= 0.3 is 0 Å². The Hall–Kier alpha value is -7.98. The first kappa shape index (κ1) is 38.3. The van der Waals surface area contributed by atoms with Gasteiger partial charge in [0.1, 0.15) is 0 Å². The van der Waals surface area contributed by atoms with Gasteiger partial charge in [0.15, 0.2) is 0 Å². The molecule has 1 aromatic heterocycles. The van der Waals surface area contributed by atoms with E-state index in [1.807, 2.05) is 11.3 Å². The Morgan fingerprint density at radius 2 is 0.672 bits per heavy atom. The van der Waals surface area contributed by atoms with Gasteiger partial charge in [0.25, 0.3) is 0 Å². The minimum absolute atomic E-state index is 0.144. The number of benzene rings is 10. The second kappa shape index (κ2) is 14.3. The third kappa shape index (κ3) is 5.38. The van der Waals surface area contributed by atoms with Crippen molar-refractivity contribution < 1.29 is 0 Å². The largest absolute Gasteiger partial charge is 0.310 e. The third-order valence-electron chi connectivity index (χ3n) is 15.0. The van der Waals surface area contributed by atoms with E-state index < -0.39 is 5.41 Å². The van der Waals surface area contributed by atoms with Crippen LogP contribution in [0.2, 0.25) is 0 Å². The van der Waals surface area contributed by atoms with E-state index in [-0.39, 0.29) is 5.41 Å². The molecule has 1 spiro atoms. The molecule has 0 saturated carbocycles. The first-order chi connectivity index (χ1) is 33.0. The molecular formula is C64H44N2S. The number of anilines is 6. The van der Waals surface area contributed by atoms with Crippen LogP contribution in [-0.4, -0.2) is 0 Å². The van der Waals surface area contributed by atoms with Crippen LogP contribution in [0.15, 0.2) is 231 Å². The van der Waals surface area contributed by atoms with E-state index in [9.17, 15) is 0 Å². The summed E-state index contributed by atoms with van der Waals surface area (Å²) in [6.07, 6.45) is 0. The van der Waals surface area contributed by atoms with E-state index >= 15 is 0 Å². The van der Waals surface area contributed by atoms with Crippen LogP contribution in [0.5, 0.6) is 0 Å². The highest BCUT2D eigenvalue weighted by Gasteiger charge is 2.52. The van der Waals surface area contributed by atoms with Crippen molar-refractivity contribution in [2.24, 2.45) is 0 Å². The van der Waals surface area contributed by atoms with Crippen LogP contribution < -0.4 is 9.80 Å². The van der Waals surface area contributed by atoms with Gasteiger partial charge < -0.3 is 9.80 Å². The summed E-state index contributed by atoms with van der Waals surface area (Å²) in [6, 6.07) is 86.3. The van der Waals surface area contributed by atoms with Gasteiger partial charge in [-0.3, -0.25) is 0 Å². The Morgan fingerprint density at radius 3 is 1.25 bits per heavy atom. The molecule has 3 aliphatic rings. The van der Waals surface area contributed by atoms with Crippen molar-refractivity contribution in [2.45, 2.75) is 24.7 Å². The minimum Gasteiger partial charge on any atom is -0.310 e. The zero-order valence-electron chi connectivity index (χ0n) is 37.2. The molecule has 0 radical (unpaired) electrons. The summed E-state index contributed by atoms with van der Waals surface area (Å²) >= 11 is 1.88. The van der Waals surface area contributed by atoms with Crippen molar-refractivity contribution in [3.63, 3.8) is 0 Å². The number of nitrogens with zero attached hydrogens (tertiary/aromatic N) is 2. The van der Waals surface area contributed by atoms with E-state index in [0.717, 1.165) is 34.1 Å². The molecule has 1 atom stereocenters. The second-order valence-corrected chi connectivity index (χ2v) is 19.9. The topological polar surface area (TPSA) is 6.48 Å². The Bertz CT molecular complexity index is 3760. The summed E-state index contributed by atoms with van der Waals surface area (Å²) in [5.74, 6) is 0. The molecular weight excluding hydrogens is 829 g/mol. The minimum atomic E-state index is -0.564. The standard InChI is InChI=1S/C64H44N2S/c1-63(2)55-25-13-9-21-47(55)50-33-29-43(37-58(50)63)66(46-32-36-54-53-24-12-16-28-61(53)67-62(54)40-46)45-31-35-52-49-23-11-15-27-57(49)64(60(52)39-45)56-26-14-10-22-48(56)51-34-30-44(38-59(51)64)65(41-17-5-3-6-18-41)42-19-7-4-8-20-42/h3-40H,1-2H3. The smallest absolute Gasteiger partial charge is 0.0727 e.